The lowest BCUT2D eigenvalue weighted by molar-refractivity contribution is 0.0498. The zero-order valence-electron chi connectivity index (χ0n) is 39.5. The SMILES string of the molecule is CCCCCCCCCCCCCCOc1cc(C(=O)OCCCCS)cc(OCCCCCCCCCCCCCC)c1OCCCCCCCCCCCCCC. The van der Waals surface area contributed by atoms with Gasteiger partial charge in [-0.15, -0.1) is 0 Å². The Morgan fingerprint density at radius 3 is 0.949 bits per heavy atom. The Labute approximate surface area is 372 Å². The van der Waals surface area contributed by atoms with Crippen LogP contribution in [0.3, 0.4) is 0 Å². The van der Waals surface area contributed by atoms with Gasteiger partial charge in [-0.25, -0.2) is 4.79 Å². The molecule has 1 aromatic rings. The van der Waals surface area contributed by atoms with Crippen molar-refractivity contribution in [3.8, 4) is 17.2 Å². The van der Waals surface area contributed by atoms with Crippen molar-refractivity contribution < 1.29 is 23.7 Å². The third-order valence-electron chi connectivity index (χ3n) is 11.8. The third kappa shape index (κ3) is 34.7. The van der Waals surface area contributed by atoms with E-state index in [0.717, 1.165) is 57.1 Å². The van der Waals surface area contributed by atoms with E-state index in [1.54, 1.807) is 0 Å². The van der Waals surface area contributed by atoms with Gasteiger partial charge >= 0.3 is 5.97 Å². The van der Waals surface area contributed by atoms with Crippen LogP contribution < -0.4 is 14.2 Å². The molecule has 1 aromatic carbocycles. The first-order valence-corrected chi connectivity index (χ1v) is 26.7. The van der Waals surface area contributed by atoms with Gasteiger partial charge < -0.3 is 18.9 Å². The van der Waals surface area contributed by atoms with Gasteiger partial charge in [0.05, 0.1) is 32.0 Å². The first-order chi connectivity index (χ1) is 29.2. The maximum Gasteiger partial charge on any atom is 0.338 e. The molecule has 0 aliphatic rings. The van der Waals surface area contributed by atoms with Crippen molar-refractivity contribution in [2.75, 3.05) is 32.2 Å². The molecule has 0 bridgehead atoms. The van der Waals surface area contributed by atoms with Crippen LogP contribution in [0.1, 0.15) is 275 Å². The third-order valence-corrected chi connectivity index (χ3v) is 12.1. The second-order valence-corrected chi connectivity index (χ2v) is 18.0. The molecule has 0 fully saturated rings. The molecule has 0 heterocycles. The summed E-state index contributed by atoms with van der Waals surface area (Å²) in [6.45, 7) is 9.07. The predicted octanol–water partition coefficient (Wildman–Crippen LogP) is 17.8. The molecule has 59 heavy (non-hydrogen) atoms. The summed E-state index contributed by atoms with van der Waals surface area (Å²) in [5, 5.41) is 0. The minimum absolute atomic E-state index is 0.331. The van der Waals surface area contributed by atoms with Crippen LogP contribution in [0, 0.1) is 0 Å². The quantitative estimate of drug-likeness (QED) is 0.0402. The molecule has 0 N–H and O–H groups in total. The van der Waals surface area contributed by atoms with E-state index in [1.807, 2.05) is 12.1 Å². The molecule has 0 aliphatic heterocycles. The molecule has 0 saturated carbocycles. The van der Waals surface area contributed by atoms with E-state index in [0.29, 0.717) is 49.2 Å². The number of hydrogen-bond donors (Lipinski definition) is 1. The second-order valence-electron chi connectivity index (χ2n) is 17.6. The van der Waals surface area contributed by atoms with Crippen molar-refractivity contribution in [3.05, 3.63) is 17.7 Å². The van der Waals surface area contributed by atoms with Crippen LogP contribution in [0.15, 0.2) is 12.1 Å². The number of rotatable bonds is 47. The van der Waals surface area contributed by atoms with Crippen LogP contribution in [0.5, 0.6) is 17.2 Å². The van der Waals surface area contributed by atoms with E-state index in [4.69, 9.17) is 18.9 Å². The lowest BCUT2D eigenvalue weighted by atomic mass is 10.1. The molecule has 346 valence electrons. The summed E-state index contributed by atoms with van der Waals surface area (Å²) in [5.74, 6) is 2.33. The first-order valence-electron chi connectivity index (χ1n) is 26.0. The number of benzene rings is 1. The molecule has 0 saturated heterocycles. The summed E-state index contributed by atoms with van der Waals surface area (Å²) in [5.41, 5.74) is 0.475. The van der Waals surface area contributed by atoms with E-state index in [2.05, 4.69) is 33.4 Å². The Hall–Kier alpha value is -1.56. The Bertz CT molecular complexity index is 980. The molecule has 0 aromatic heterocycles. The van der Waals surface area contributed by atoms with Crippen LogP contribution in [-0.4, -0.2) is 38.1 Å². The molecule has 1 rings (SSSR count). The summed E-state index contributed by atoms with van der Waals surface area (Å²) >= 11 is 4.31. The normalized spacial score (nSPS) is 11.3. The first kappa shape index (κ1) is 55.5. The van der Waals surface area contributed by atoms with Gasteiger partial charge in [0.15, 0.2) is 11.5 Å². The van der Waals surface area contributed by atoms with Crippen molar-refractivity contribution in [1.82, 2.24) is 0 Å². The maximum atomic E-state index is 13.3. The minimum atomic E-state index is -0.331. The molecule has 0 unspecified atom stereocenters. The van der Waals surface area contributed by atoms with E-state index >= 15 is 0 Å². The van der Waals surface area contributed by atoms with E-state index in [9.17, 15) is 4.79 Å². The molecular formula is C53H98O5S. The van der Waals surface area contributed by atoms with E-state index < -0.39 is 0 Å². The summed E-state index contributed by atoms with van der Waals surface area (Å²) in [6, 6.07) is 3.66. The Morgan fingerprint density at radius 1 is 0.373 bits per heavy atom. The average molecular weight is 847 g/mol. The molecular weight excluding hydrogens is 749 g/mol. The average Bonchev–Trinajstić information content (AvgIpc) is 3.24. The van der Waals surface area contributed by atoms with Gasteiger partial charge in [0.2, 0.25) is 5.75 Å². The van der Waals surface area contributed by atoms with Crippen LogP contribution >= 0.6 is 12.6 Å². The Kier molecular flexibility index (Phi) is 41.8. The smallest absolute Gasteiger partial charge is 0.338 e. The van der Waals surface area contributed by atoms with E-state index in [-0.39, 0.29) is 5.97 Å². The molecule has 0 spiro atoms. The Balaban J connectivity index is 2.76. The largest absolute Gasteiger partial charge is 0.490 e. The highest BCUT2D eigenvalue weighted by molar-refractivity contribution is 7.80. The fourth-order valence-corrected chi connectivity index (χ4v) is 8.10. The summed E-state index contributed by atoms with van der Waals surface area (Å²) < 4.78 is 25.1. The zero-order valence-corrected chi connectivity index (χ0v) is 40.4. The Morgan fingerprint density at radius 2 is 0.644 bits per heavy atom. The van der Waals surface area contributed by atoms with Gasteiger partial charge in [0.25, 0.3) is 0 Å². The number of esters is 1. The van der Waals surface area contributed by atoms with Gasteiger partial charge in [-0.05, 0) is 50.0 Å². The van der Waals surface area contributed by atoms with Crippen molar-refractivity contribution >= 4 is 18.6 Å². The van der Waals surface area contributed by atoms with Gasteiger partial charge in [0, 0.05) is 0 Å². The number of carbonyl (C=O) groups is 1. The zero-order chi connectivity index (χ0) is 42.5. The van der Waals surface area contributed by atoms with Crippen LogP contribution in [0.25, 0.3) is 0 Å². The van der Waals surface area contributed by atoms with Crippen LogP contribution in [0.2, 0.25) is 0 Å². The maximum absolute atomic E-state index is 13.3. The van der Waals surface area contributed by atoms with Crippen molar-refractivity contribution in [1.29, 1.82) is 0 Å². The van der Waals surface area contributed by atoms with Crippen LogP contribution in [-0.2, 0) is 4.74 Å². The standard InChI is InChI=1S/C53H98O5S/c1-4-7-10-13-16-19-22-25-28-31-34-37-42-55-50-47-49(53(54)58-45-40-41-46-59)48-51(56-43-38-35-32-29-26-23-20-17-14-11-8-5-2)52(50)57-44-39-36-33-30-27-24-21-18-15-12-9-6-3/h47-48,59H,4-46H2,1-3H3. The van der Waals surface area contributed by atoms with E-state index in [1.165, 1.54) is 193 Å². The van der Waals surface area contributed by atoms with Crippen molar-refractivity contribution in [2.24, 2.45) is 0 Å². The number of hydrogen-bond acceptors (Lipinski definition) is 6. The number of thiol groups is 1. The lowest BCUT2D eigenvalue weighted by Gasteiger charge is -2.19. The predicted molar refractivity (Wildman–Crippen MR) is 260 cm³/mol. The molecule has 6 heteroatoms. The fraction of sp³-hybridized carbons (Fsp3) is 0.868. The van der Waals surface area contributed by atoms with Gasteiger partial charge in [-0.1, -0.05) is 233 Å². The monoisotopic (exact) mass is 847 g/mol. The topological polar surface area (TPSA) is 54.0 Å². The molecule has 0 atom stereocenters. The van der Waals surface area contributed by atoms with Gasteiger partial charge in [-0.3, -0.25) is 0 Å². The summed E-state index contributed by atoms with van der Waals surface area (Å²) in [7, 11) is 0. The van der Waals surface area contributed by atoms with Crippen LogP contribution in [0.4, 0.5) is 0 Å². The molecule has 0 aliphatic carbocycles. The summed E-state index contributed by atoms with van der Waals surface area (Å²) in [4.78, 5) is 13.3. The minimum Gasteiger partial charge on any atom is -0.490 e. The molecule has 5 nitrogen and oxygen atoms in total. The number of carbonyl (C=O) groups excluding carboxylic acids is 1. The van der Waals surface area contributed by atoms with Crippen molar-refractivity contribution in [2.45, 2.75) is 265 Å². The number of unbranched alkanes of at least 4 members (excludes halogenated alkanes) is 34. The van der Waals surface area contributed by atoms with Gasteiger partial charge in [0.1, 0.15) is 0 Å². The molecule has 0 radical (unpaired) electrons. The molecule has 0 amide bonds. The fourth-order valence-electron chi connectivity index (χ4n) is 7.88. The lowest BCUT2D eigenvalue weighted by Crippen LogP contribution is -2.11. The highest BCUT2D eigenvalue weighted by Crippen LogP contribution is 2.40. The second kappa shape index (κ2) is 44.5. The van der Waals surface area contributed by atoms with Gasteiger partial charge in [-0.2, -0.15) is 12.6 Å². The summed E-state index contributed by atoms with van der Waals surface area (Å²) in [6.07, 6.45) is 48.8. The highest BCUT2D eigenvalue weighted by atomic mass is 32.1. The number of ether oxygens (including phenoxy) is 4. The van der Waals surface area contributed by atoms with Crippen molar-refractivity contribution in [3.63, 3.8) is 0 Å². The highest BCUT2D eigenvalue weighted by Gasteiger charge is 2.20.